The molecule has 3 rings (SSSR count). The largest absolute Gasteiger partial charge is 0.491 e. The fourth-order valence-electron chi connectivity index (χ4n) is 2.69. The van der Waals surface area contributed by atoms with Gasteiger partial charge in [0.05, 0.1) is 17.2 Å². The summed E-state index contributed by atoms with van der Waals surface area (Å²) in [6.45, 7) is 5.81. The van der Waals surface area contributed by atoms with Gasteiger partial charge in [-0.25, -0.2) is 0 Å². The molecule has 29 heavy (non-hydrogen) atoms. The maximum atomic E-state index is 12.5. The van der Waals surface area contributed by atoms with Crippen LogP contribution in [0, 0.1) is 6.92 Å². The number of aryl methyl sites for hydroxylation is 1. The molecule has 0 saturated carbocycles. The molecule has 2 aromatic carbocycles. The molecule has 2 amide bonds. The zero-order chi connectivity index (χ0) is 20.8. The van der Waals surface area contributed by atoms with Crippen LogP contribution in [-0.2, 0) is 0 Å². The number of nitrogens with one attached hydrogen (secondary N) is 2. The number of pyridine rings is 1. The third-order valence-corrected chi connectivity index (χ3v) is 4.14. The number of amides is 2. The molecule has 0 atom stereocenters. The van der Waals surface area contributed by atoms with Crippen molar-refractivity contribution in [3.63, 3.8) is 0 Å². The molecule has 148 valence electrons. The van der Waals surface area contributed by atoms with Gasteiger partial charge >= 0.3 is 0 Å². The predicted octanol–water partition coefficient (Wildman–Crippen LogP) is 4.68. The highest BCUT2D eigenvalue weighted by Gasteiger charge is 2.13. The highest BCUT2D eigenvalue weighted by atomic mass is 16.5. The number of nitrogens with zero attached hydrogens (tertiary/aromatic N) is 1. The van der Waals surface area contributed by atoms with Crippen molar-refractivity contribution < 1.29 is 14.3 Å². The Morgan fingerprint density at radius 2 is 1.52 bits per heavy atom. The van der Waals surface area contributed by atoms with Crippen molar-refractivity contribution in [2.24, 2.45) is 0 Å². The number of hydrogen-bond donors (Lipinski definition) is 2. The van der Waals surface area contributed by atoms with Crippen molar-refractivity contribution in [2.75, 3.05) is 10.6 Å². The molecule has 0 unspecified atom stereocenters. The third kappa shape index (κ3) is 5.42. The first-order chi connectivity index (χ1) is 13.9. The lowest BCUT2D eigenvalue weighted by Crippen LogP contribution is -2.16. The first kappa shape index (κ1) is 20.1. The topological polar surface area (TPSA) is 80.3 Å². The van der Waals surface area contributed by atoms with Gasteiger partial charge in [0.15, 0.2) is 0 Å². The molecule has 1 aromatic heterocycles. The summed E-state index contributed by atoms with van der Waals surface area (Å²) >= 11 is 0. The Hall–Kier alpha value is -3.67. The normalized spacial score (nSPS) is 10.5. The third-order valence-electron chi connectivity index (χ3n) is 4.14. The number of hydrogen-bond acceptors (Lipinski definition) is 4. The maximum Gasteiger partial charge on any atom is 0.257 e. The van der Waals surface area contributed by atoms with E-state index in [0.717, 1.165) is 17.0 Å². The average Bonchev–Trinajstić information content (AvgIpc) is 2.71. The fourth-order valence-corrected chi connectivity index (χ4v) is 2.69. The van der Waals surface area contributed by atoms with Crippen LogP contribution in [0.2, 0.25) is 0 Å². The van der Waals surface area contributed by atoms with Crippen LogP contribution in [0.4, 0.5) is 11.4 Å². The van der Waals surface area contributed by atoms with Crippen LogP contribution in [0.1, 0.15) is 40.1 Å². The Labute approximate surface area is 169 Å². The molecule has 3 aromatic rings. The minimum Gasteiger partial charge on any atom is -0.491 e. The Kier molecular flexibility index (Phi) is 6.24. The van der Waals surface area contributed by atoms with Crippen LogP contribution < -0.4 is 15.4 Å². The number of benzene rings is 2. The second kappa shape index (κ2) is 9.01. The second-order valence-corrected chi connectivity index (χ2v) is 6.88. The first-order valence-electron chi connectivity index (χ1n) is 9.32. The second-order valence-electron chi connectivity index (χ2n) is 6.88. The monoisotopic (exact) mass is 389 g/mol. The van der Waals surface area contributed by atoms with E-state index in [1.165, 1.54) is 18.5 Å². The average molecular weight is 389 g/mol. The van der Waals surface area contributed by atoms with Crippen LogP contribution in [0.25, 0.3) is 0 Å². The van der Waals surface area contributed by atoms with E-state index in [4.69, 9.17) is 4.74 Å². The Bertz CT molecular complexity index is 1010. The standard InChI is InChI=1S/C23H23N3O3/c1-15(2)29-20-10-8-19(9-11-20)25-22(27)17-12-18(14-24-13-17)23(28)26-21-7-5-4-6-16(21)3/h4-15H,1-3H3,(H,25,27)(H,26,28). The van der Waals surface area contributed by atoms with Crippen molar-refractivity contribution >= 4 is 23.2 Å². The van der Waals surface area contributed by atoms with Crippen LogP contribution >= 0.6 is 0 Å². The minimum absolute atomic E-state index is 0.0788. The summed E-state index contributed by atoms with van der Waals surface area (Å²) in [7, 11) is 0. The molecule has 0 aliphatic carbocycles. The summed E-state index contributed by atoms with van der Waals surface area (Å²) in [5, 5.41) is 5.64. The highest BCUT2D eigenvalue weighted by molar-refractivity contribution is 6.08. The molecule has 0 bridgehead atoms. The number of carbonyl (C=O) groups excluding carboxylic acids is 2. The van der Waals surface area contributed by atoms with Gasteiger partial charge in [-0.15, -0.1) is 0 Å². The zero-order valence-electron chi connectivity index (χ0n) is 16.6. The van der Waals surface area contributed by atoms with Crippen LogP contribution in [0.15, 0.2) is 67.0 Å². The first-order valence-corrected chi connectivity index (χ1v) is 9.32. The van der Waals surface area contributed by atoms with E-state index in [2.05, 4.69) is 15.6 Å². The van der Waals surface area contributed by atoms with E-state index < -0.39 is 0 Å². The number of carbonyl (C=O) groups is 2. The SMILES string of the molecule is Cc1ccccc1NC(=O)c1cncc(C(=O)Nc2ccc(OC(C)C)cc2)c1. The summed E-state index contributed by atoms with van der Waals surface area (Å²) in [5.74, 6) is 0.0618. The van der Waals surface area contributed by atoms with E-state index in [1.54, 1.807) is 24.3 Å². The van der Waals surface area contributed by atoms with Gasteiger partial charge in [-0.05, 0) is 62.7 Å². The fraction of sp³-hybridized carbons (Fsp3) is 0.174. The smallest absolute Gasteiger partial charge is 0.257 e. The van der Waals surface area contributed by atoms with Gasteiger partial charge in [0, 0.05) is 23.8 Å². The van der Waals surface area contributed by atoms with Crippen molar-refractivity contribution in [1.29, 1.82) is 0 Å². The van der Waals surface area contributed by atoms with Gasteiger partial charge < -0.3 is 15.4 Å². The van der Waals surface area contributed by atoms with Crippen LogP contribution in [0.3, 0.4) is 0 Å². The van der Waals surface area contributed by atoms with E-state index in [1.807, 2.05) is 45.0 Å². The lowest BCUT2D eigenvalue weighted by molar-refractivity contribution is 0.102. The summed E-state index contributed by atoms with van der Waals surface area (Å²) in [4.78, 5) is 29.1. The van der Waals surface area contributed by atoms with E-state index in [9.17, 15) is 9.59 Å². The Morgan fingerprint density at radius 1 is 0.897 bits per heavy atom. The molecule has 6 heteroatoms. The summed E-state index contributed by atoms with van der Waals surface area (Å²) < 4.78 is 5.59. The number of anilines is 2. The molecule has 0 aliphatic heterocycles. The molecule has 0 aliphatic rings. The lowest BCUT2D eigenvalue weighted by Gasteiger charge is -2.11. The molecule has 2 N–H and O–H groups in total. The molecule has 0 saturated heterocycles. The van der Waals surface area contributed by atoms with Crippen molar-refractivity contribution in [3.05, 3.63) is 83.7 Å². The van der Waals surface area contributed by atoms with Crippen molar-refractivity contribution in [2.45, 2.75) is 26.9 Å². The predicted molar refractivity (Wildman–Crippen MR) is 114 cm³/mol. The molecule has 6 nitrogen and oxygen atoms in total. The van der Waals surface area contributed by atoms with E-state index in [0.29, 0.717) is 16.8 Å². The molecule has 1 heterocycles. The number of aromatic nitrogens is 1. The van der Waals surface area contributed by atoms with Gasteiger partial charge in [0.25, 0.3) is 11.8 Å². The van der Waals surface area contributed by atoms with Gasteiger partial charge in [-0.3, -0.25) is 14.6 Å². The molecule has 0 fully saturated rings. The molecular weight excluding hydrogens is 366 g/mol. The minimum atomic E-state index is -0.347. The van der Waals surface area contributed by atoms with Gasteiger partial charge in [0.2, 0.25) is 0 Å². The van der Waals surface area contributed by atoms with Gasteiger partial charge in [-0.1, -0.05) is 18.2 Å². The Balaban J connectivity index is 1.69. The number of para-hydroxylation sites is 1. The lowest BCUT2D eigenvalue weighted by atomic mass is 10.1. The summed E-state index contributed by atoms with van der Waals surface area (Å²) in [6, 6.07) is 16.1. The van der Waals surface area contributed by atoms with Crippen molar-refractivity contribution in [1.82, 2.24) is 4.98 Å². The Morgan fingerprint density at radius 3 is 2.14 bits per heavy atom. The van der Waals surface area contributed by atoms with Crippen LogP contribution in [0.5, 0.6) is 5.75 Å². The summed E-state index contributed by atoms with van der Waals surface area (Å²) in [5.41, 5.74) is 2.90. The van der Waals surface area contributed by atoms with E-state index in [-0.39, 0.29) is 17.9 Å². The van der Waals surface area contributed by atoms with E-state index >= 15 is 0 Å². The van der Waals surface area contributed by atoms with Gasteiger partial charge in [-0.2, -0.15) is 0 Å². The maximum absolute atomic E-state index is 12.5. The molecule has 0 radical (unpaired) electrons. The quantitative estimate of drug-likeness (QED) is 0.641. The highest BCUT2D eigenvalue weighted by Crippen LogP contribution is 2.18. The molecule has 0 spiro atoms. The van der Waals surface area contributed by atoms with Gasteiger partial charge in [0.1, 0.15) is 5.75 Å². The zero-order valence-corrected chi connectivity index (χ0v) is 16.6. The van der Waals surface area contributed by atoms with Crippen molar-refractivity contribution in [3.8, 4) is 5.75 Å². The number of rotatable bonds is 6. The summed E-state index contributed by atoms with van der Waals surface area (Å²) in [6.07, 6.45) is 2.94. The number of ether oxygens (including phenoxy) is 1. The molecular formula is C23H23N3O3. The van der Waals surface area contributed by atoms with Crippen LogP contribution in [-0.4, -0.2) is 22.9 Å².